The van der Waals surface area contributed by atoms with Crippen molar-refractivity contribution in [3.63, 3.8) is 0 Å². The van der Waals surface area contributed by atoms with Gasteiger partial charge < -0.3 is 10.4 Å². The number of carbonyl (C=O) groups is 1. The van der Waals surface area contributed by atoms with Crippen LogP contribution in [-0.4, -0.2) is 49.2 Å². The van der Waals surface area contributed by atoms with Crippen molar-refractivity contribution in [3.05, 3.63) is 0 Å². The summed E-state index contributed by atoms with van der Waals surface area (Å²) in [6.07, 6.45) is 3.15. The van der Waals surface area contributed by atoms with E-state index in [1.54, 1.807) is 0 Å². The lowest BCUT2D eigenvalue weighted by Crippen LogP contribution is -2.35. The highest BCUT2D eigenvalue weighted by Crippen LogP contribution is 1.96. The summed E-state index contributed by atoms with van der Waals surface area (Å²) >= 11 is 0. The molecule has 0 rings (SSSR count). The first kappa shape index (κ1) is 14.9. The first-order chi connectivity index (χ1) is 7.70. The fourth-order valence-corrected chi connectivity index (χ4v) is 1.31. The van der Waals surface area contributed by atoms with Gasteiger partial charge in [0, 0.05) is 13.2 Å². The Labute approximate surface area is 97.0 Å². The third kappa shape index (κ3) is 9.44. The van der Waals surface area contributed by atoms with E-state index in [0.29, 0.717) is 19.5 Å². The zero-order chi connectivity index (χ0) is 12.2. The fraction of sp³-hybridized carbons (Fsp3) is 0.818. The number of aliphatic hydroxyl groups excluding tert-OH is 1. The maximum Gasteiger partial charge on any atom is 0.234 e. The number of unbranched alkanes of at least 4 members (excludes halogenated alkanes) is 2. The molecule has 0 atom stereocenters. The molecule has 5 nitrogen and oxygen atoms in total. The van der Waals surface area contributed by atoms with Crippen LogP contribution in [0.25, 0.3) is 0 Å². The number of hydrogen-bond donors (Lipinski definition) is 2. The van der Waals surface area contributed by atoms with Crippen LogP contribution in [0.2, 0.25) is 0 Å². The molecular weight excluding hydrogens is 206 g/mol. The fourth-order valence-electron chi connectivity index (χ4n) is 1.31. The first-order valence-electron chi connectivity index (χ1n) is 5.63. The SMILES string of the molecule is CN(CCCCCO)CC(=O)NCCC#N. The van der Waals surface area contributed by atoms with Gasteiger partial charge in [0.05, 0.1) is 19.0 Å². The van der Waals surface area contributed by atoms with Gasteiger partial charge in [-0.15, -0.1) is 0 Å². The van der Waals surface area contributed by atoms with Gasteiger partial charge in [0.2, 0.25) is 5.91 Å². The summed E-state index contributed by atoms with van der Waals surface area (Å²) in [5.74, 6) is -0.0418. The van der Waals surface area contributed by atoms with Gasteiger partial charge in [0.1, 0.15) is 0 Å². The summed E-state index contributed by atoms with van der Waals surface area (Å²) in [5.41, 5.74) is 0. The maximum absolute atomic E-state index is 11.3. The van der Waals surface area contributed by atoms with E-state index in [1.165, 1.54) is 0 Å². The molecule has 0 unspecified atom stereocenters. The summed E-state index contributed by atoms with van der Waals surface area (Å²) in [5, 5.41) is 19.6. The Kier molecular flexibility index (Phi) is 9.67. The van der Waals surface area contributed by atoms with E-state index < -0.39 is 0 Å². The van der Waals surface area contributed by atoms with Crippen LogP contribution >= 0.6 is 0 Å². The van der Waals surface area contributed by atoms with Crippen LogP contribution in [0.3, 0.4) is 0 Å². The van der Waals surface area contributed by atoms with Crippen molar-refractivity contribution >= 4 is 5.91 Å². The van der Waals surface area contributed by atoms with Gasteiger partial charge in [0.15, 0.2) is 0 Å². The van der Waals surface area contributed by atoms with Crippen LogP contribution in [0.5, 0.6) is 0 Å². The van der Waals surface area contributed by atoms with Crippen molar-refractivity contribution in [2.75, 3.05) is 33.3 Å². The Hall–Kier alpha value is -1.12. The highest BCUT2D eigenvalue weighted by molar-refractivity contribution is 5.77. The second kappa shape index (κ2) is 10.4. The number of amides is 1. The molecule has 0 aliphatic heterocycles. The van der Waals surface area contributed by atoms with Crippen LogP contribution in [-0.2, 0) is 4.79 Å². The van der Waals surface area contributed by atoms with Crippen molar-refractivity contribution in [1.29, 1.82) is 5.26 Å². The zero-order valence-corrected chi connectivity index (χ0v) is 9.91. The molecule has 0 aromatic carbocycles. The second-order valence-electron chi connectivity index (χ2n) is 3.78. The Morgan fingerprint density at radius 1 is 1.44 bits per heavy atom. The zero-order valence-electron chi connectivity index (χ0n) is 9.91. The van der Waals surface area contributed by atoms with Crippen LogP contribution in [0, 0.1) is 11.3 Å². The van der Waals surface area contributed by atoms with Crippen LogP contribution in [0.4, 0.5) is 0 Å². The molecule has 0 heterocycles. The lowest BCUT2D eigenvalue weighted by atomic mass is 10.2. The molecule has 16 heavy (non-hydrogen) atoms. The molecule has 0 spiro atoms. The molecule has 0 bridgehead atoms. The molecule has 0 saturated heterocycles. The van der Waals surface area contributed by atoms with Crippen LogP contribution in [0.15, 0.2) is 0 Å². The normalized spacial score (nSPS) is 10.1. The average Bonchev–Trinajstić information content (AvgIpc) is 2.25. The van der Waals surface area contributed by atoms with E-state index in [2.05, 4.69) is 5.32 Å². The number of likely N-dealkylation sites (N-methyl/N-ethyl adjacent to an activating group) is 1. The predicted octanol–water partition coefficient (Wildman–Crippen LogP) is 0.111. The minimum absolute atomic E-state index is 0.0418. The summed E-state index contributed by atoms with van der Waals surface area (Å²) in [6, 6.07) is 1.97. The molecule has 0 aliphatic carbocycles. The molecule has 1 amide bonds. The molecule has 0 aromatic rings. The molecule has 2 N–H and O–H groups in total. The second-order valence-corrected chi connectivity index (χ2v) is 3.78. The van der Waals surface area contributed by atoms with Gasteiger partial charge in [-0.2, -0.15) is 5.26 Å². The topological polar surface area (TPSA) is 76.4 Å². The molecule has 5 heteroatoms. The monoisotopic (exact) mass is 227 g/mol. The summed E-state index contributed by atoms with van der Waals surface area (Å²) in [4.78, 5) is 13.3. The number of hydrogen-bond acceptors (Lipinski definition) is 4. The van der Waals surface area contributed by atoms with Crippen molar-refractivity contribution in [2.24, 2.45) is 0 Å². The standard InChI is InChI=1S/C11H21N3O2/c1-14(8-3-2-4-9-15)10-11(16)13-7-5-6-12/h15H,2-5,7-10H2,1H3,(H,13,16). The van der Waals surface area contributed by atoms with E-state index in [4.69, 9.17) is 10.4 Å². The smallest absolute Gasteiger partial charge is 0.234 e. The highest BCUT2D eigenvalue weighted by atomic mass is 16.2. The molecule has 92 valence electrons. The van der Waals surface area contributed by atoms with Gasteiger partial charge in [-0.1, -0.05) is 0 Å². The number of nitrogens with one attached hydrogen (secondary N) is 1. The highest BCUT2D eigenvalue weighted by Gasteiger charge is 2.04. The van der Waals surface area contributed by atoms with E-state index in [9.17, 15) is 4.79 Å². The third-order valence-corrected chi connectivity index (χ3v) is 2.17. The molecule has 0 fully saturated rings. The average molecular weight is 227 g/mol. The summed E-state index contributed by atoms with van der Waals surface area (Å²) < 4.78 is 0. The van der Waals surface area contributed by atoms with E-state index in [1.807, 2.05) is 18.0 Å². The van der Waals surface area contributed by atoms with E-state index in [-0.39, 0.29) is 12.5 Å². The molecule has 0 aliphatic rings. The molecule has 0 saturated carbocycles. The van der Waals surface area contributed by atoms with Crippen molar-refractivity contribution in [2.45, 2.75) is 25.7 Å². The number of nitriles is 1. The van der Waals surface area contributed by atoms with Crippen molar-refractivity contribution in [3.8, 4) is 6.07 Å². The Balaban J connectivity index is 3.43. The number of nitrogens with zero attached hydrogens (tertiary/aromatic N) is 2. The van der Waals surface area contributed by atoms with Crippen LogP contribution < -0.4 is 5.32 Å². The molecule has 0 radical (unpaired) electrons. The molecular formula is C11H21N3O2. The van der Waals surface area contributed by atoms with E-state index in [0.717, 1.165) is 25.8 Å². The quantitative estimate of drug-likeness (QED) is 0.548. The molecule has 0 aromatic heterocycles. The Bertz CT molecular complexity index is 226. The number of rotatable bonds is 9. The van der Waals surface area contributed by atoms with Gasteiger partial charge in [0.25, 0.3) is 0 Å². The van der Waals surface area contributed by atoms with E-state index >= 15 is 0 Å². The lowest BCUT2D eigenvalue weighted by Gasteiger charge is -2.15. The Morgan fingerprint density at radius 3 is 2.81 bits per heavy atom. The minimum atomic E-state index is -0.0418. The van der Waals surface area contributed by atoms with Gasteiger partial charge in [-0.3, -0.25) is 9.69 Å². The van der Waals surface area contributed by atoms with Gasteiger partial charge >= 0.3 is 0 Å². The van der Waals surface area contributed by atoms with Crippen molar-refractivity contribution in [1.82, 2.24) is 10.2 Å². The first-order valence-corrected chi connectivity index (χ1v) is 5.63. The summed E-state index contributed by atoms with van der Waals surface area (Å²) in [7, 11) is 1.89. The predicted molar refractivity (Wildman–Crippen MR) is 61.7 cm³/mol. The summed E-state index contributed by atoms with van der Waals surface area (Å²) in [6.45, 7) is 1.88. The third-order valence-electron chi connectivity index (χ3n) is 2.17. The minimum Gasteiger partial charge on any atom is -0.396 e. The maximum atomic E-state index is 11.3. The Morgan fingerprint density at radius 2 is 2.19 bits per heavy atom. The number of carbonyl (C=O) groups excluding carboxylic acids is 1. The van der Waals surface area contributed by atoms with Crippen molar-refractivity contribution < 1.29 is 9.90 Å². The largest absolute Gasteiger partial charge is 0.396 e. The van der Waals surface area contributed by atoms with Gasteiger partial charge in [-0.25, -0.2) is 0 Å². The van der Waals surface area contributed by atoms with Crippen LogP contribution in [0.1, 0.15) is 25.7 Å². The lowest BCUT2D eigenvalue weighted by molar-refractivity contribution is -0.121. The van der Waals surface area contributed by atoms with Gasteiger partial charge in [-0.05, 0) is 32.9 Å². The number of aliphatic hydroxyl groups is 1.